The number of aromatic nitrogens is 1. The number of hydrogen-bond donors (Lipinski definition) is 1. The van der Waals surface area contributed by atoms with Crippen molar-refractivity contribution in [2.24, 2.45) is 0 Å². The highest BCUT2D eigenvalue weighted by molar-refractivity contribution is 7.13. The Hall–Kier alpha value is -1.47. The lowest BCUT2D eigenvalue weighted by atomic mass is 10.1. The van der Waals surface area contributed by atoms with Gasteiger partial charge in [0.2, 0.25) is 0 Å². The van der Waals surface area contributed by atoms with Gasteiger partial charge >= 0.3 is 6.36 Å². The minimum Gasteiger partial charge on any atom is -0.406 e. The molecule has 0 unspecified atom stereocenters. The molecule has 0 bridgehead atoms. The normalized spacial score (nSPS) is 11.6. The van der Waals surface area contributed by atoms with Crippen molar-refractivity contribution in [1.29, 1.82) is 0 Å². The van der Waals surface area contributed by atoms with Crippen LogP contribution in [0.25, 0.3) is 11.3 Å². The van der Waals surface area contributed by atoms with Crippen molar-refractivity contribution in [2.75, 3.05) is 5.73 Å². The Morgan fingerprint density at radius 3 is 2.56 bits per heavy atom. The third kappa shape index (κ3) is 3.27. The molecule has 1 heterocycles. The van der Waals surface area contributed by atoms with E-state index in [4.69, 9.17) is 17.3 Å². The molecule has 2 aromatic rings. The van der Waals surface area contributed by atoms with Crippen LogP contribution in [-0.4, -0.2) is 11.3 Å². The van der Waals surface area contributed by atoms with Gasteiger partial charge in [0.15, 0.2) is 5.13 Å². The zero-order valence-electron chi connectivity index (χ0n) is 8.66. The van der Waals surface area contributed by atoms with Crippen LogP contribution in [0.3, 0.4) is 0 Å². The Balaban J connectivity index is 2.38. The number of ether oxygens (including phenoxy) is 1. The van der Waals surface area contributed by atoms with E-state index in [1.54, 1.807) is 5.38 Å². The molecular formula is C10H6ClF3N2OS. The molecule has 0 aliphatic heterocycles. The number of nitrogens with zero attached hydrogens (tertiary/aromatic N) is 1. The highest BCUT2D eigenvalue weighted by Crippen LogP contribution is 2.32. The summed E-state index contributed by atoms with van der Waals surface area (Å²) in [4.78, 5) is 3.96. The first-order valence-corrected chi connectivity index (χ1v) is 5.87. The lowest BCUT2D eigenvalue weighted by molar-refractivity contribution is -0.274. The van der Waals surface area contributed by atoms with Crippen LogP contribution in [0.2, 0.25) is 5.02 Å². The molecule has 0 radical (unpaired) electrons. The van der Waals surface area contributed by atoms with Gasteiger partial charge in [0.1, 0.15) is 5.75 Å². The Labute approximate surface area is 109 Å². The minimum absolute atomic E-state index is 0.123. The summed E-state index contributed by atoms with van der Waals surface area (Å²) in [5.41, 5.74) is 6.32. The van der Waals surface area contributed by atoms with Crippen LogP contribution in [0.1, 0.15) is 0 Å². The molecule has 0 aliphatic carbocycles. The zero-order chi connectivity index (χ0) is 13.3. The third-order valence-electron chi connectivity index (χ3n) is 1.92. The van der Waals surface area contributed by atoms with Crippen LogP contribution in [0.15, 0.2) is 23.6 Å². The molecule has 3 nitrogen and oxygen atoms in total. The molecule has 2 N–H and O–H groups in total. The van der Waals surface area contributed by atoms with Gasteiger partial charge < -0.3 is 10.5 Å². The van der Waals surface area contributed by atoms with Crippen molar-refractivity contribution in [3.63, 3.8) is 0 Å². The monoisotopic (exact) mass is 294 g/mol. The SMILES string of the molecule is Nc1nc(-c2cc(Cl)cc(OC(F)(F)F)c2)cs1. The van der Waals surface area contributed by atoms with Crippen LogP contribution in [0, 0.1) is 0 Å². The second-order valence-corrected chi connectivity index (χ2v) is 4.62. The van der Waals surface area contributed by atoms with E-state index in [0.717, 1.165) is 6.07 Å². The van der Waals surface area contributed by atoms with E-state index in [2.05, 4.69) is 9.72 Å². The molecule has 0 saturated heterocycles. The zero-order valence-corrected chi connectivity index (χ0v) is 10.2. The molecule has 1 aromatic carbocycles. The Morgan fingerprint density at radius 1 is 1.28 bits per heavy atom. The Morgan fingerprint density at radius 2 is 2.00 bits per heavy atom. The van der Waals surface area contributed by atoms with Gasteiger partial charge in [0, 0.05) is 16.0 Å². The maximum atomic E-state index is 12.1. The topological polar surface area (TPSA) is 48.1 Å². The first-order valence-electron chi connectivity index (χ1n) is 4.61. The summed E-state index contributed by atoms with van der Waals surface area (Å²) in [5.74, 6) is -0.392. The van der Waals surface area contributed by atoms with Gasteiger partial charge in [0.05, 0.1) is 5.69 Å². The fraction of sp³-hybridized carbons (Fsp3) is 0.100. The summed E-state index contributed by atoms with van der Waals surface area (Å²) in [6, 6.07) is 3.77. The van der Waals surface area contributed by atoms with Gasteiger partial charge in [-0.2, -0.15) is 0 Å². The number of nitrogens with two attached hydrogens (primary N) is 1. The second-order valence-electron chi connectivity index (χ2n) is 3.29. The van der Waals surface area contributed by atoms with Crippen LogP contribution in [0.5, 0.6) is 5.75 Å². The summed E-state index contributed by atoms with van der Waals surface area (Å²) >= 11 is 6.92. The number of anilines is 1. The van der Waals surface area contributed by atoms with Crippen LogP contribution in [0.4, 0.5) is 18.3 Å². The van der Waals surface area contributed by atoms with Crippen molar-refractivity contribution >= 4 is 28.1 Å². The van der Waals surface area contributed by atoms with Gasteiger partial charge in [-0.25, -0.2) is 4.98 Å². The van der Waals surface area contributed by atoms with E-state index in [1.807, 2.05) is 0 Å². The molecule has 1 aromatic heterocycles. The van der Waals surface area contributed by atoms with Crippen LogP contribution >= 0.6 is 22.9 Å². The fourth-order valence-electron chi connectivity index (χ4n) is 1.32. The molecule has 0 aliphatic rings. The van der Waals surface area contributed by atoms with Crippen molar-refractivity contribution in [2.45, 2.75) is 6.36 Å². The number of rotatable bonds is 2. The van der Waals surface area contributed by atoms with Gasteiger partial charge in [0.25, 0.3) is 0 Å². The van der Waals surface area contributed by atoms with Gasteiger partial charge in [-0.1, -0.05) is 11.6 Å². The summed E-state index contributed by atoms with van der Waals surface area (Å²) in [6.07, 6.45) is -4.76. The average Bonchev–Trinajstić information content (AvgIpc) is 2.61. The maximum absolute atomic E-state index is 12.1. The lowest BCUT2D eigenvalue weighted by Gasteiger charge is -2.10. The van der Waals surface area contributed by atoms with Crippen LogP contribution < -0.4 is 10.5 Å². The number of benzene rings is 1. The highest BCUT2D eigenvalue weighted by atomic mass is 35.5. The molecule has 2 rings (SSSR count). The van der Waals surface area contributed by atoms with Gasteiger partial charge in [-0.3, -0.25) is 0 Å². The number of nitrogen functional groups attached to an aromatic ring is 1. The predicted molar refractivity (Wildman–Crippen MR) is 63.7 cm³/mol. The number of thiazole rings is 1. The molecule has 0 spiro atoms. The van der Waals surface area contributed by atoms with E-state index in [1.165, 1.54) is 23.5 Å². The molecule has 8 heteroatoms. The van der Waals surface area contributed by atoms with Crippen molar-refractivity contribution in [3.8, 4) is 17.0 Å². The quantitative estimate of drug-likeness (QED) is 0.912. The number of hydrogen-bond acceptors (Lipinski definition) is 4. The molecule has 0 amide bonds. The van der Waals surface area contributed by atoms with Crippen molar-refractivity contribution in [1.82, 2.24) is 4.98 Å². The van der Waals surface area contributed by atoms with E-state index in [-0.39, 0.29) is 5.02 Å². The summed E-state index contributed by atoms with van der Waals surface area (Å²) in [6.45, 7) is 0. The Bertz CT molecular complexity index is 570. The van der Waals surface area contributed by atoms with Crippen molar-refractivity contribution in [3.05, 3.63) is 28.6 Å². The summed E-state index contributed by atoms with van der Waals surface area (Å²) < 4.78 is 40.1. The average molecular weight is 295 g/mol. The maximum Gasteiger partial charge on any atom is 0.573 e. The number of alkyl halides is 3. The molecule has 18 heavy (non-hydrogen) atoms. The van der Waals surface area contributed by atoms with E-state index in [0.29, 0.717) is 16.4 Å². The second kappa shape index (κ2) is 4.66. The fourth-order valence-corrected chi connectivity index (χ4v) is 2.12. The summed E-state index contributed by atoms with van der Waals surface area (Å²) in [5, 5.41) is 2.07. The van der Waals surface area contributed by atoms with E-state index in [9.17, 15) is 13.2 Å². The molecule has 0 atom stereocenters. The minimum atomic E-state index is -4.76. The van der Waals surface area contributed by atoms with E-state index < -0.39 is 12.1 Å². The smallest absolute Gasteiger partial charge is 0.406 e. The molecule has 0 saturated carbocycles. The summed E-state index contributed by atoms with van der Waals surface area (Å²) in [7, 11) is 0. The highest BCUT2D eigenvalue weighted by Gasteiger charge is 2.31. The Kier molecular flexibility index (Phi) is 3.36. The lowest BCUT2D eigenvalue weighted by Crippen LogP contribution is -2.17. The molecule has 0 fully saturated rings. The largest absolute Gasteiger partial charge is 0.573 e. The first kappa shape index (κ1) is 13.0. The third-order valence-corrected chi connectivity index (χ3v) is 2.81. The predicted octanol–water partition coefficient (Wildman–Crippen LogP) is 3.94. The van der Waals surface area contributed by atoms with Gasteiger partial charge in [-0.05, 0) is 18.2 Å². The van der Waals surface area contributed by atoms with Crippen LogP contribution in [-0.2, 0) is 0 Å². The molecule has 96 valence electrons. The number of halogens is 4. The van der Waals surface area contributed by atoms with E-state index >= 15 is 0 Å². The van der Waals surface area contributed by atoms with Crippen molar-refractivity contribution < 1.29 is 17.9 Å². The van der Waals surface area contributed by atoms with Gasteiger partial charge in [-0.15, -0.1) is 24.5 Å². The standard InChI is InChI=1S/C10H6ClF3N2OS/c11-6-1-5(8-4-18-9(15)16-8)2-7(3-6)17-10(12,13)14/h1-4H,(H2,15,16). The molecular weight excluding hydrogens is 289 g/mol. The first-order chi connectivity index (χ1) is 8.33.